The number of hydrogen-bond acceptors (Lipinski definition) is 3. The number of amides is 1. The molecular formula is C26H36N4O. The van der Waals surface area contributed by atoms with Crippen LogP contribution < -0.4 is 5.32 Å². The average molecular weight is 421 g/mol. The SMILES string of the molecule is CCCCCCCCCCCCn1c(CNC(=O)c2cccnc2)nc2ccccc21. The molecule has 0 radical (unpaired) electrons. The highest BCUT2D eigenvalue weighted by Crippen LogP contribution is 2.18. The van der Waals surface area contributed by atoms with E-state index in [1.54, 1.807) is 24.5 Å². The van der Waals surface area contributed by atoms with Gasteiger partial charge in [0.15, 0.2) is 0 Å². The zero-order chi connectivity index (χ0) is 21.7. The Morgan fingerprint density at radius 1 is 0.903 bits per heavy atom. The Morgan fingerprint density at radius 3 is 2.32 bits per heavy atom. The van der Waals surface area contributed by atoms with Crippen LogP contribution in [-0.4, -0.2) is 20.4 Å². The van der Waals surface area contributed by atoms with E-state index in [2.05, 4.69) is 33.9 Å². The van der Waals surface area contributed by atoms with Crippen molar-refractivity contribution in [2.45, 2.75) is 84.2 Å². The Hall–Kier alpha value is -2.69. The molecule has 0 aliphatic heterocycles. The number of unbranched alkanes of at least 4 members (excludes halogenated alkanes) is 9. The third-order valence-corrected chi connectivity index (χ3v) is 5.80. The van der Waals surface area contributed by atoms with Gasteiger partial charge in [-0.2, -0.15) is 0 Å². The molecule has 1 amide bonds. The van der Waals surface area contributed by atoms with Crippen molar-refractivity contribution in [3.63, 3.8) is 0 Å². The van der Waals surface area contributed by atoms with E-state index in [9.17, 15) is 4.79 Å². The normalized spacial score (nSPS) is 11.1. The van der Waals surface area contributed by atoms with E-state index < -0.39 is 0 Å². The number of nitrogens with one attached hydrogen (secondary N) is 1. The lowest BCUT2D eigenvalue weighted by atomic mass is 10.1. The first-order valence-electron chi connectivity index (χ1n) is 11.9. The average Bonchev–Trinajstić information content (AvgIpc) is 3.16. The van der Waals surface area contributed by atoms with Gasteiger partial charge in [0.1, 0.15) is 5.82 Å². The summed E-state index contributed by atoms with van der Waals surface area (Å²) in [5.41, 5.74) is 2.70. The molecule has 0 unspecified atom stereocenters. The molecule has 0 aliphatic rings. The number of nitrogens with zero attached hydrogens (tertiary/aromatic N) is 3. The molecule has 0 fully saturated rings. The summed E-state index contributed by atoms with van der Waals surface area (Å²) in [6.07, 6.45) is 16.5. The van der Waals surface area contributed by atoms with Crippen LogP contribution in [0.1, 0.15) is 87.3 Å². The number of para-hydroxylation sites is 2. The van der Waals surface area contributed by atoms with Crippen LogP contribution in [-0.2, 0) is 13.1 Å². The first-order valence-corrected chi connectivity index (χ1v) is 11.9. The number of carbonyl (C=O) groups is 1. The van der Waals surface area contributed by atoms with Crippen LogP contribution in [0.4, 0.5) is 0 Å². The highest BCUT2D eigenvalue weighted by atomic mass is 16.1. The summed E-state index contributed by atoms with van der Waals surface area (Å²) in [6.45, 7) is 3.62. The number of hydrogen-bond donors (Lipinski definition) is 1. The van der Waals surface area contributed by atoms with Crippen LogP contribution in [0, 0.1) is 0 Å². The molecule has 31 heavy (non-hydrogen) atoms. The number of benzene rings is 1. The summed E-state index contributed by atoms with van der Waals surface area (Å²) in [6, 6.07) is 11.8. The Morgan fingerprint density at radius 2 is 1.61 bits per heavy atom. The van der Waals surface area contributed by atoms with Gasteiger partial charge in [-0.1, -0.05) is 76.8 Å². The number of imidazole rings is 1. The molecule has 0 aliphatic carbocycles. The fourth-order valence-electron chi connectivity index (χ4n) is 4.03. The maximum atomic E-state index is 12.4. The minimum Gasteiger partial charge on any atom is -0.345 e. The largest absolute Gasteiger partial charge is 0.345 e. The minimum atomic E-state index is -0.120. The molecule has 0 saturated heterocycles. The van der Waals surface area contributed by atoms with Crippen LogP contribution in [0.2, 0.25) is 0 Å². The van der Waals surface area contributed by atoms with E-state index in [4.69, 9.17) is 4.98 Å². The van der Waals surface area contributed by atoms with Gasteiger partial charge in [-0.05, 0) is 30.7 Å². The molecule has 5 heteroatoms. The fourth-order valence-corrected chi connectivity index (χ4v) is 4.03. The van der Waals surface area contributed by atoms with Crippen molar-refractivity contribution in [3.8, 4) is 0 Å². The summed E-state index contributed by atoms with van der Waals surface area (Å²) < 4.78 is 2.27. The summed E-state index contributed by atoms with van der Waals surface area (Å²) >= 11 is 0. The standard InChI is InChI=1S/C26H36N4O/c1-2-3-4-5-6-7-8-9-10-13-19-30-24-17-12-11-16-23(24)29-25(30)21-28-26(31)22-15-14-18-27-20-22/h11-12,14-18,20H,2-10,13,19,21H2,1H3,(H,28,31). The van der Waals surface area contributed by atoms with Gasteiger partial charge in [-0.25, -0.2) is 4.98 Å². The first-order chi connectivity index (χ1) is 15.3. The Labute approximate surface area is 186 Å². The highest BCUT2D eigenvalue weighted by Gasteiger charge is 2.12. The Bertz CT molecular complexity index is 920. The molecule has 1 aromatic carbocycles. The maximum Gasteiger partial charge on any atom is 0.253 e. The second kappa shape index (κ2) is 12.9. The number of carbonyl (C=O) groups excluding carboxylic acids is 1. The van der Waals surface area contributed by atoms with E-state index >= 15 is 0 Å². The molecule has 0 spiro atoms. The molecular weight excluding hydrogens is 384 g/mol. The lowest BCUT2D eigenvalue weighted by Gasteiger charge is -2.10. The van der Waals surface area contributed by atoms with Gasteiger partial charge in [0.05, 0.1) is 23.1 Å². The lowest BCUT2D eigenvalue weighted by Crippen LogP contribution is -2.24. The Kier molecular flexibility index (Phi) is 9.55. The smallest absolute Gasteiger partial charge is 0.253 e. The van der Waals surface area contributed by atoms with Gasteiger partial charge < -0.3 is 9.88 Å². The van der Waals surface area contributed by atoms with Gasteiger partial charge in [-0.3, -0.25) is 9.78 Å². The molecule has 166 valence electrons. The van der Waals surface area contributed by atoms with Crippen LogP contribution in [0.3, 0.4) is 0 Å². The zero-order valence-electron chi connectivity index (χ0n) is 18.9. The number of pyridine rings is 1. The van der Waals surface area contributed by atoms with Crippen LogP contribution in [0.25, 0.3) is 11.0 Å². The van der Waals surface area contributed by atoms with Crippen LogP contribution in [0.15, 0.2) is 48.8 Å². The third-order valence-electron chi connectivity index (χ3n) is 5.80. The third kappa shape index (κ3) is 7.20. The summed E-state index contributed by atoms with van der Waals surface area (Å²) in [7, 11) is 0. The molecule has 3 rings (SSSR count). The molecule has 0 saturated carbocycles. The van der Waals surface area contributed by atoms with Crippen molar-refractivity contribution in [2.75, 3.05) is 0 Å². The van der Waals surface area contributed by atoms with Gasteiger partial charge >= 0.3 is 0 Å². The molecule has 1 N–H and O–H groups in total. The van der Waals surface area contributed by atoms with Crippen molar-refractivity contribution < 1.29 is 4.79 Å². The monoisotopic (exact) mass is 420 g/mol. The summed E-state index contributed by atoms with van der Waals surface area (Å²) in [5, 5.41) is 2.99. The summed E-state index contributed by atoms with van der Waals surface area (Å²) in [5.74, 6) is 0.792. The molecule has 2 heterocycles. The van der Waals surface area contributed by atoms with E-state index in [1.807, 2.05) is 12.1 Å². The molecule has 0 atom stereocenters. The lowest BCUT2D eigenvalue weighted by molar-refractivity contribution is 0.0949. The number of fused-ring (bicyclic) bond motifs is 1. The second-order valence-corrected chi connectivity index (χ2v) is 8.27. The van der Waals surface area contributed by atoms with Crippen molar-refractivity contribution in [1.82, 2.24) is 19.9 Å². The van der Waals surface area contributed by atoms with Gasteiger partial charge in [0, 0.05) is 18.9 Å². The van der Waals surface area contributed by atoms with Gasteiger partial charge in [-0.15, -0.1) is 0 Å². The summed E-state index contributed by atoms with van der Waals surface area (Å²) in [4.78, 5) is 21.2. The van der Waals surface area contributed by atoms with Gasteiger partial charge in [0.25, 0.3) is 5.91 Å². The van der Waals surface area contributed by atoms with Crippen LogP contribution in [0.5, 0.6) is 0 Å². The second-order valence-electron chi connectivity index (χ2n) is 8.27. The van der Waals surface area contributed by atoms with E-state index in [0.29, 0.717) is 12.1 Å². The van der Waals surface area contributed by atoms with Crippen molar-refractivity contribution in [2.24, 2.45) is 0 Å². The quantitative estimate of drug-likeness (QED) is 0.312. The van der Waals surface area contributed by atoms with Crippen molar-refractivity contribution >= 4 is 16.9 Å². The zero-order valence-corrected chi connectivity index (χ0v) is 18.9. The molecule has 3 aromatic rings. The van der Waals surface area contributed by atoms with E-state index in [0.717, 1.165) is 29.8 Å². The predicted octanol–water partition coefficient (Wildman–Crippen LogP) is 6.28. The molecule has 5 nitrogen and oxygen atoms in total. The van der Waals surface area contributed by atoms with Crippen molar-refractivity contribution in [3.05, 3.63) is 60.2 Å². The van der Waals surface area contributed by atoms with Gasteiger partial charge in [0.2, 0.25) is 0 Å². The number of aryl methyl sites for hydroxylation is 1. The molecule has 0 bridgehead atoms. The predicted molar refractivity (Wildman–Crippen MR) is 127 cm³/mol. The van der Waals surface area contributed by atoms with Crippen molar-refractivity contribution in [1.29, 1.82) is 0 Å². The first kappa shape index (κ1) is 23.0. The maximum absolute atomic E-state index is 12.4. The Balaban J connectivity index is 1.48. The topological polar surface area (TPSA) is 59.8 Å². The van der Waals surface area contributed by atoms with E-state index in [-0.39, 0.29) is 5.91 Å². The number of aromatic nitrogens is 3. The highest BCUT2D eigenvalue weighted by molar-refractivity contribution is 5.93. The number of rotatable bonds is 14. The molecule has 2 aromatic heterocycles. The van der Waals surface area contributed by atoms with Crippen LogP contribution >= 0.6 is 0 Å². The minimum absolute atomic E-state index is 0.120. The van der Waals surface area contributed by atoms with E-state index in [1.165, 1.54) is 57.8 Å². The fraction of sp³-hybridized carbons (Fsp3) is 0.500.